The Morgan fingerprint density at radius 1 is 1.43 bits per heavy atom. The lowest BCUT2D eigenvalue weighted by Crippen LogP contribution is -2.31. The molecule has 0 spiro atoms. The lowest BCUT2D eigenvalue weighted by atomic mass is 10.1. The Morgan fingerprint density at radius 3 is 2.57 bits per heavy atom. The molecule has 1 aromatic rings. The van der Waals surface area contributed by atoms with Gasteiger partial charge < -0.3 is 15.2 Å². The number of ether oxygens (including phenoxy) is 1. The zero-order chi connectivity index (χ0) is 15.6. The molecule has 2 N–H and O–H groups in total. The fraction of sp³-hybridized carbons (Fsp3) is 0.467. The fourth-order valence-electron chi connectivity index (χ4n) is 1.87. The summed E-state index contributed by atoms with van der Waals surface area (Å²) in [5, 5.41) is 12.0. The topological polar surface area (TPSA) is 75.6 Å². The number of halogens is 1. The van der Waals surface area contributed by atoms with E-state index >= 15 is 0 Å². The molecule has 0 aromatic heterocycles. The number of carboxylic acids is 1. The van der Waals surface area contributed by atoms with Crippen molar-refractivity contribution in [3.8, 4) is 5.75 Å². The monoisotopic (exact) mass is 311 g/mol. The summed E-state index contributed by atoms with van der Waals surface area (Å²) >= 11 is 6.10. The Balaban J connectivity index is 2.04. The maximum absolute atomic E-state index is 12.0. The Labute approximate surface area is 128 Å². The lowest BCUT2D eigenvalue weighted by Gasteiger charge is -2.13. The molecule has 0 radical (unpaired) electrons. The van der Waals surface area contributed by atoms with Gasteiger partial charge in [0.1, 0.15) is 11.2 Å². The normalized spacial score (nSPS) is 15.6. The number of carbonyl (C=O) groups excluding carboxylic acids is 1. The van der Waals surface area contributed by atoms with Crippen molar-refractivity contribution in [1.29, 1.82) is 0 Å². The molecular weight excluding hydrogens is 294 g/mol. The van der Waals surface area contributed by atoms with E-state index in [2.05, 4.69) is 5.32 Å². The van der Waals surface area contributed by atoms with E-state index in [1.54, 1.807) is 18.2 Å². The van der Waals surface area contributed by atoms with Crippen LogP contribution in [0.4, 0.5) is 5.69 Å². The van der Waals surface area contributed by atoms with Gasteiger partial charge in [-0.15, -0.1) is 0 Å². The zero-order valence-corrected chi connectivity index (χ0v) is 12.7. The molecule has 0 atom stereocenters. The van der Waals surface area contributed by atoms with Crippen LogP contribution < -0.4 is 10.1 Å². The number of hydrogen-bond acceptors (Lipinski definition) is 3. The summed E-state index contributed by atoms with van der Waals surface area (Å²) < 4.78 is 5.54. The molecule has 0 bridgehead atoms. The van der Waals surface area contributed by atoms with Crippen LogP contribution in [0, 0.1) is 11.3 Å². The van der Waals surface area contributed by atoms with Gasteiger partial charge in [0.15, 0.2) is 0 Å². The van der Waals surface area contributed by atoms with Gasteiger partial charge in [0, 0.05) is 5.69 Å². The SMILES string of the molecule is CC(C)COc1ccc(NC(=O)C2(C(=O)O)CC2)cc1Cl. The molecule has 0 aliphatic heterocycles. The van der Waals surface area contributed by atoms with Crippen molar-refractivity contribution in [3.63, 3.8) is 0 Å². The largest absolute Gasteiger partial charge is 0.492 e. The summed E-state index contributed by atoms with van der Waals surface area (Å²) in [6, 6.07) is 4.88. The summed E-state index contributed by atoms with van der Waals surface area (Å²) in [6.07, 6.45) is 0.745. The van der Waals surface area contributed by atoms with E-state index in [1.165, 1.54) is 0 Å². The summed E-state index contributed by atoms with van der Waals surface area (Å²) in [6.45, 7) is 4.61. The van der Waals surface area contributed by atoms with Crippen LogP contribution >= 0.6 is 11.6 Å². The maximum Gasteiger partial charge on any atom is 0.319 e. The van der Waals surface area contributed by atoms with E-state index in [-0.39, 0.29) is 0 Å². The third-order valence-electron chi connectivity index (χ3n) is 3.36. The van der Waals surface area contributed by atoms with Crippen molar-refractivity contribution in [2.45, 2.75) is 26.7 Å². The predicted molar refractivity (Wildman–Crippen MR) is 79.7 cm³/mol. The van der Waals surface area contributed by atoms with Gasteiger partial charge in [-0.25, -0.2) is 0 Å². The number of carboxylic acid groups (broad SMARTS) is 1. The van der Waals surface area contributed by atoms with Crippen LogP contribution in [0.3, 0.4) is 0 Å². The quantitative estimate of drug-likeness (QED) is 0.791. The van der Waals surface area contributed by atoms with E-state index in [4.69, 9.17) is 21.4 Å². The first-order valence-electron chi connectivity index (χ1n) is 6.82. The number of amides is 1. The van der Waals surface area contributed by atoms with E-state index in [0.717, 1.165) is 0 Å². The minimum absolute atomic E-state index is 0.373. The average molecular weight is 312 g/mol. The molecule has 0 saturated heterocycles. The summed E-state index contributed by atoms with van der Waals surface area (Å²) in [4.78, 5) is 23.1. The van der Waals surface area contributed by atoms with Crippen LogP contribution in [-0.2, 0) is 9.59 Å². The van der Waals surface area contributed by atoms with Crippen LogP contribution in [0.25, 0.3) is 0 Å². The van der Waals surface area contributed by atoms with Crippen molar-refractivity contribution in [3.05, 3.63) is 23.2 Å². The molecule has 5 nitrogen and oxygen atoms in total. The molecule has 0 heterocycles. The summed E-state index contributed by atoms with van der Waals surface area (Å²) in [5.41, 5.74) is -0.798. The Kier molecular flexibility index (Phi) is 4.42. The third kappa shape index (κ3) is 3.47. The molecule has 21 heavy (non-hydrogen) atoms. The van der Waals surface area contributed by atoms with Gasteiger partial charge in [-0.2, -0.15) is 0 Å². The molecule has 0 unspecified atom stereocenters. The van der Waals surface area contributed by atoms with Gasteiger partial charge in [0.05, 0.1) is 11.6 Å². The van der Waals surface area contributed by atoms with Crippen molar-refractivity contribution in [1.82, 2.24) is 0 Å². The molecule has 114 valence electrons. The van der Waals surface area contributed by atoms with Gasteiger partial charge >= 0.3 is 5.97 Å². The third-order valence-corrected chi connectivity index (χ3v) is 3.65. The average Bonchev–Trinajstić information content (AvgIpc) is 3.18. The number of nitrogens with one attached hydrogen (secondary N) is 1. The molecule has 1 aliphatic carbocycles. The number of anilines is 1. The molecule has 2 rings (SSSR count). The van der Waals surface area contributed by atoms with Gasteiger partial charge in [0.25, 0.3) is 0 Å². The zero-order valence-electron chi connectivity index (χ0n) is 12.0. The van der Waals surface area contributed by atoms with Crippen LogP contribution in [0.2, 0.25) is 5.02 Å². The Bertz CT molecular complexity index is 567. The molecule has 1 saturated carbocycles. The molecule has 1 fully saturated rings. The standard InChI is InChI=1S/C15H18ClNO4/c1-9(2)8-21-12-4-3-10(7-11(12)16)17-13(18)15(5-6-15)14(19)20/h3-4,7,9H,5-6,8H2,1-2H3,(H,17,18)(H,19,20). The molecule has 6 heteroatoms. The van der Waals surface area contributed by atoms with Crippen molar-refractivity contribution in [2.24, 2.45) is 11.3 Å². The highest BCUT2D eigenvalue weighted by atomic mass is 35.5. The minimum Gasteiger partial charge on any atom is -0.492 e. The second kappa shape index (κ2) is 5.93. The maximum atomic E-state index is 12.0. The van der Waals surface area contributed by atoms with Gasteiger partial charge in [0.2, 0.25) is 5.91 Å². The predicted octanol–water partition coefficient (Wildman–Crippen LogP) is 3.18. The van der Waals surface area contributed by atoms with Crippen LogP contribution in [-0.4, -0.2) is 23.6 Å². The highest BCUT2D eigenvalue weighted by Gasteiger charge is 2.57. The number of carbonyl (C=O) groups is 2. The van der Waals surface area contributed by atoms with Crippen LogP contribution in [0.5, 0.6) is 5.75 Å². The highest BCUT2D eigenvalue weighted by Crippen LogP contribution is 2.46. The molecule has 1 amide bonds. The van der Waals surface area contributed by atoms with E-state index in [1.807, 2.05) is 13.8 Å². The van der Waals surface area contributed by atoms with Crippen LogP contribution in [0.1, 0.15) is 26.7 Å². The molecule has 1 aliphatic rings. The Morgan fingerprint density at radius 2 is 2.10 bits per heavy atom. The highest BCUT2D eigenvalue weighted by molar-refractivity contribution is 6.32. The van der Waals surface area contributed by atoms with Crippen molar-refractivity contribution in [2.75, 3.05) is 11.9 Å². The number of benzene rings is 1. The first kappa shape index (κ1) is 15.6. The first-order chi connectivity index (χ1) is 9.85. The fourth-order valence-corrected chi connectivity index (χ4v) is 2.10. The molecule has 1 aromatic carbocycles. The van der Waals surface area contributed by atoms with Gasteiger partial charge in [-0.1, -0.05) is 25.4 Å². The van der Waals surface area contributed by atoms with Gasteiger partial charge in [-0.3, -0.25) is 9.59 Å². The summed E-state index contributed by atoms with van der Waals surface area (Å²) in [7, 11) is 0. The van der Waals surface area contributed by atoms with Crippen molar-refractivity contribution < 1.29 is 19.4 Å². The van der Waals surface area contributed by atoms with E-state index in [9.17, 15) is 9.59 Å². The van der Waals surface area contributed by atoms with Gasteiger partial charge in [-0.05, 0) is 37.0 Å². The van der Waals surface area contributed by atoms with Crippen LogP contribution in [0.15, 0.2) is 18.2 Å². The number of aliphatic carboxylic acids is 1. The number of rotatable bonds is 6. The second-order valence-electron chi connectivity index (χ2n) is 5.69. The molecular formula is C15H18ClNO4. The smallest absolute Gasteiger partial charge is 0.319 e. The second-order valence-corrected chi connectivity index (χ2v) is 6.10. The first-order valence-corrected chi connectivity index (χ1v) is 7.20. The van der Waals surface area contributed by atoms with Crippen molar-refractivity contribution >= 4 is 29.2 Å². The number of hydrogen-bond donors (Lipinski definition) is 2. The Hall–Kier alpha value is -1.75. The van der Waals surface area contributed by atoms with E-state index in [0.29, 0.717) is 41.8 Å². The summed E-state index contributed by atoms with van der Waals surface area (Å²) in [5.74, 6) is -0.654. The lowest BCUT2D eigenvalue weighted by molar-refractivity contribution is -0.147. The van der Waals surface area contributed by atoms with E-state index < -0.39 is 17.3 Å². The minimum atomic E-state index is -1.26.